The SMILES string of the molecule is N#Cc1ccc(CNC(=O)C2CCCCC2)c(F)c1. The molecule has 1 aromatic carbocycles. The fraction of sp³-hybridized carbons (Fsp3) is 0.467. The lowest BCUT2D eigenvalue weighted by Crippen LogP contribution is -2.31. The summed E-state index contributed by atoms with van der Waals surface area (Å²) in [5.74, 6) is -0.346. The van der Waals surface area contributed by atoms with Crippen molar-refractivity contribution >= 4 is 5.91 Å². The molecule has 0 spiro atoms. The number of amides is 1. The molecular formula is C15H17FN2O. The largest absolute Gasteiger partial charge is 0.352 e. The first-order chi connectivity index (χ1) is 9.20. The van der Waals surface area contributed by atoms with Crippen molar-refractivity contribution in [2.24, 2.45) is 5.92 Å². The van der Waals surface area contributed by atoms with E-state index in [1.54, 1.807) is 12.1 Å². The average molecular weight is 260 g/mol. The molecule has 0 saturated heterocycles. The Morgan fingerprint density at radius 2 is 2.11 bits per heavy atom. The van der Waals surface area contributed by atoms with E-state index >= 15 is 0 Å². The number of nitrogens with one attached hydrogen (secondary N) is 1. The number of nitrogens with zero attached hydrogens (tertiary/aromatic N) is 1. The van der Waals surface area contributed by atoms with Crippen LogP contribution in [0, 0.1) is 23.1 Å². The summed E-state index contributed by atoms with van der Waals surface area (Å²) < 4.78 is 13.6. The lowest BCUT2D eigenvalue weighted by atomic mass is 9.88. The van der Waals surface area contributed by atoms with Gasteiger partial charge in [0.05, 0.1) is 11.6 Å². The van der Waals surface area contributed by atoms with E-state index in [2.05, 4.69) is 5.32 Å². The average Bonchev–Trinajstić information content (AvgIpc) is 2.46. The molecule has 100 valence electrons. The lowest BCUT2D eigenvalue weighted by molar-refractivity contribution is -0.126. The van der Waals surface area contributed by atoms with Gasteiger partial charge in [0, 0.05) is 18.0 Å². The van der Waals surface area contributed by atoms with Crippen LogP contribution in [0.5, 0.6) is 0 Å². The highest BCUT2D eigenvalue weighted by atomic mass is 19.1. The number of hydrogen-bond donors (Lipinski definition) is 1. The minimum Gasteiger partial charge on any atom is -0.352 e. The highest BCUT2D eigenvalue weighted by Gasteiger charge is 2.20. The summed E-state index contributed by atoms with van der Waals surface area (Å²) in [7, 11) is 0. The number of hydrogen-bond acceptors (Lipinski definition) is 2. The van der Waals surface area contributed by atoms with Gasteiger partial charge in [0.15, 0.2) is 0 Å². The van der Waals surface area contributed by atoms with E-state index in [-0.39, 0.29) is 18.4 Å². The Balaban J connectivity index is 1.91. The Hall–Kier alpha value is -1.89. The first-order valence-electron chi connectivity index (χ1n) is 6.67. The van der Waals surface area contributed by atoms with Crippen LogP contribution in [-0.2, 0) is 11.3 Å². The van der Waals surface area contributed by atoms with E-state index in [9.17, 15) is 9.18 Å². The van der Waals surface area contributed by atoms with Crippen LogP contribution in [0.2, 0.25) is 0 Å². The monoisotopic (exact) mass is 260 g/mol. The zero-order chi connectivity index (χ0) is 13.7. The van der Waals surface area contributed by atoms with Gasteiger partial charge in [0.2, 0.25) is 5.91 Å². The van der Waals surface area contributed by atoms with Gasteiger partial charge in [-0.25, -0.2) is 4.39 Å². The molecule has 3 nitrogen and oxygen atoms in total. The van der Waals surface area contributed by atoms with Crippen molar-refractivity contribution in [3.63, 3.8) is 0 Å². The summed E-state index contributed by atoms with van der Waals surface area (Å²) >= 11 is 0. The fourth-order valence-electron chi connectivity index (χ4n) is 2.45. The van der Waals surface area contributed by atoms with Gasteiger partial charge >= 0.3 is 0 Å². The third-order valence-electron chi connectivity index (χ3n) is 3.61. The molecule has 2 rings (SSSR count). The molecule has 0 unspecified atom stereocenters. The molecule has 0 bridgehead atoms. The molecular weight excluding hydrogens is 243 g/mol. The minimum absolute atomic E-state index is 0.0171. The third-order valence-corrected chi connectivity index (χ3v) is 3.61. The zero-order valence-corrected chi connectivity index (χ0v) is 10.8. The van der Waals surface area contributed by atoms with Crippen LogP contribution >= 0.6 is 0 Å². The van der Waals surface area contributed by atoms with Crippen LogP contribution < -0.4 is 5.32 Å². The maximum Gasteiger partial charge on any atom is 0.223 e. The van der Waals surface area contributed by atoms with E-state index in [0.29, 0.717) is 11.1 Å². The van der Waals surface area contributed by atoms with Crippen molar-refractivity contribution in [1.29, 1.82) is 5.26 Å². The quantitative estimate of drug-likeness (QED) is 0.908. The van der Waals surface area contributed by atoms with Crippen molar-refractivity contribution in [3.8, 4) is 6.07 Å². The number of nitriles is 1. The van der Waals surface area contributed by atoms with Gasteiger partial charge in [-0.1, -0.05) is 25.3 Å². The number of halogens is 1. The van der Waals surface area contributed by atoms with Gasteiger partial charge in [0.1, 0.15) is 5.82 Å². The van der Waals surface area contributed by atoms with Gasteiger partial charge in [-0.15, -0.1) is 0 Å². The summed E-state index contributed by atoms with van der Waals surface area (Å²) in [5, 5.41) is 11.4. The van der Waals surface area contributed by atoms with E-state index in [4.69, 9.17) is 5.26 Å². The molecule has 0 heterocycles. The van der Waals surface area contributed by atoms with Crippen LogP contribution in [0.3, 0.4) is 0 Å². The number of benzene rings is 1. The normalized spacial score (nSPS) is 15.8. The van der Waals surface area contributed by atoms with E-state index in [0.717, 1.165) is 25.7 Å². The molecule has 1 aliphatic rings. The highest BCUT2D eigenvalue weighted by Crippen LogP contribution is 2.23. The van der Waals surface area contributed by atoms with Crippen LogP contribution in [-0.4, -0.2) is 5.91 Å². The molecule has 0 aromatic heterocycles. The maximum atomic E-state index is 13.6. The van der Waals surface area contributed by atoms with E-state index < -0.39 is 5.82 Å². The van der Waals surface area contributed by atoms with Gasteiger partial charge in [-0.2, -0.15) is 5.26 Å². The summed E-state index contributed by atoms with van der Waals surface area (Å²) in [4.78, 5) is 11.9. The predicted molar refractivity (Wildman–Crippen MR) is 69.5 cm³/mol. The topological polar surface area (TPSA) is 52.9 Å². The first-order valence-corrected chi connectivity index (χ1v) is 6.67. The molecule has 19 heavy (non-hydrogen) atoms. The second-order valence-corrected chi connectivity index (χ2v) is 4.97. The third kappa shape index (κ3) is 3.54. The standard InChI is InChI=1S/C15H17FN2O/c16-14-8-11(9-17)6-7-13(14)10-18-15(19)12-4-2-1-3-5-12/h6-8,12H,1-5,10H2,(H,18,19). The first kappa shape index (κ1) is 13.5. The van der Waals surface area contributed by atoms with Crippen molar-refractivity contribution in [3.05, 3.63) is 35.1 Å². The Bertz CT molecular complexity index is 501. The van der Waals surface area contributed by atoms with Gasteiger partial charge < -0.3 is 5.32 Å². The molecule has 0 atom stereocenters. The van der Waals surface area contributed by atoms with Crippen molar-refractivity contribution < 1.29 is 9.18 Å². The van der Waals surface area contributed by atoms with Gasteiger partial charge in [-0.05, 0) is 25.0 Å². The van der Waals surface area contributed by atoms with E-state index in [1.807, 2.05) is 6.07 Å². The predicted octanol–water partition coefficient (Wildman–Crippen LogP) is 2.89. The molecule has 1 amide bonds. The number of carbonyl (C=O) groups is 1. The number of carbonyl (C=O) groups excluding carboxylic acids is 1. The van der Waals surface area contributed by atoms with Crippen molar-refractivity contribution in [2.45, 2.75) is 38.6 Å². The molecule has 1 aromatic rings. The second-order valence-electron chi connectivity index (χ2n) is 4.97. The van der Waals surface area contributed by atoms with Crippen LogP contribution in [0.4, 0.5) is 4.39 Å². The van der Waals surface area contributed by atoms with E-state index in [1.165, 1.54) is 12.5 Å². The van der Waals surface area contributed by atoms with Crippen LogP contribution in [0.15, 0.2) is 18.2 Å². The highest BCUT2D eigenvalue weighted by molar-refractivity contribution is 5.78. The van der Waals surface area contributed by atoms with Gasteiger partial charge in [-0.3, -0.25) is 4.79 Å². The molecule has 4 heteroatoms. The van der Waals surface area contributed by atoms with Crippen LogP contribution in [0.25, 0.3) is 0 Å². The summed E-state index contributed by atoms with van der Waals surface area (Å²) in [6, 6.07) is 6.19. The summed E-state index contributed by atoms with van der Waals surface area (Å²) in [6.07, 6.45) is 5.27. The molecule has 0 aliphatic heterocycles. The second kappa shape index (κ2) is 6.33. The maximum absolute atomic E-state index is 13.6. The Morgan fingerprint density at radius 3 is 2.74 bits per heavy atom. The summed E-state index contributed by atoms with van der Waals surface area (Å²) in [5.41, 5.74) is 0.711. The zero-order valence-electron chi connectivity index (χ0n) is 10.8. The van der Waals surface area contributed by atoms with Crippen LogP contribution in [0.1, 0.15) is 43.2 Å². The van der Waals surface area contributed by atoms with Gasteiger partial charge in [0.25, 0.3) is 0 Å². The summed E-state index contributed by atoms with van der Waals surface area (Å²) in [6.45, 7) is 0.187. The molecule has 1 fully saturated rings. The van der Waals surface area contributed by atoms with Crippen molar-refractivity contribution in [1.82, 2.24) is 5.32 Å². The lowest BCUT2D eigenvalue weighted by Gasteiger charge is -2.20. The Labute approximate surface area is 112 Å². The molecule has 1 aliphatic carbocycles. The Morgan fingerprint density at radius 1 is 1.37 bits per heavy atom. The molecule has 1 saturated carbocycles. The molecule has 1 N–H and O–H groups in total. The smallest absolute Gasteiger partial charge is 0.223 e. The Kier molecular flexibility index (Phi) is 4.51. The molecule has 0 radical (unpaired) electrons. The minimum atomic E-state index is -0.442. The van der Waals surface area contributed by atoms with Crippen molar-refractivity contribution in [2.75, 3.05) is 0 Å². The number of rotatable bonds is 3. The fourth-order valence-corrected chi connectivity index (χ4v) is 2.45.